The van der Waals surface area contributed by atoms with E-state index < -0.39 is 24.1 Å². The quantitative estimate of drug-likeness (QED) is 0.855. The fraction of sp³-hybridized carbons (Fsp3) is 0.500. The first kappa shape index (κ1) is 19.4. The van der Waals surface area contributed by atoms with E-state index in [9.17, 15) is 17.6 Å². The van der Waals surface area contributed by atoms with Crippen LogP contribution in [0.4, 0.5) is 17.6 Å². The van der Waals surface area contributed by atoms with Gasteiger partial charge in [-0.25, -0.2) is 17.6 Å². The fourth-order valence-electron chi connectivity index (χ4n) is 2.19. The van der Waals surface area contributed by atoms with Gasteiger partial charge in [0.15, 0.2) is 0 Å². The van der Waals surface area contributed by atoms with E-state index >= 15 is 0 Å². The topological polar surface area (TPSA) is 15.3 Å². The first-order valence-electron chi connectivity index (χ1n) is 5.77. The lowest BCUT2D eigenvalue weighted by atomic mass is 10.0. The van der Waals surface area contributed by atoms with Crippen LogP contribution in [0.25, 0.3) is 0 Å². The molecule has 1 heterocycles. The van der Waals surface area contributed by atoms with Crippen molar-refractivity contribution in [2.24, 2.45) is 0 Å². The molecule has 0 bridgehead atoms. The number of nitrogens with zero attached hydrogens (tertiary/aromatic N) is 1. The van der Waals surface area contributed by atoms with Crippen LogP contribution in [0.5, 0.6) is 0 Å². The van der Waals surface area contributed by atoms with E-state index in [1.165, 1.54) is 4.90 Å². The van der Waals surface area contributed by atoms with Gasteiger partial charge in [0, 0.05) is 31.7 Å². The van der Waals surface area contributed by atoms with E-state index in [0.717, 1.165) is 18.2 Å². The van der Waals surface area contributed by atoms with Gasteiger partial charge in [0.1, 0.15) is 11.6 Å². The number of alkyl halides is 2. The van der Waals surface area contributed by atoms with E-state index in [2.05, 4.69) is 5.32 Å². The zero-order valence-electron chi connectivity index (χ0n) is 10.5. The van der Waals surface area contributed by atoms with Gasteiger partial charge in [-0.15, -0.1) is 24.8 Å². The third-order valence-electron chi connectivity index (χ3n) is 3.06. The van der Waals surface area contributed by atoms with Crippen LogP contribution in [-0.4, -0.2) is 37.5 Å². The Hall–Kier alpha value is -0.560. The number of hydrogen-bond donors (Lipinski definition) is 1. The molecule has 2 nitrogen and oxygen atoms in total. The molecule has 1 fully saturated rings. The van der Waals surface area contributed by atoms with Crippen LogP contribution >= 0.6 is 24.8 Å². The Morgan fingerprint density at radius 3 is 2.20 bits per heavy atom. The molecule has 0 radical (unpaired) electrons. The van der Waals surface area contributed by atoms with Gasteiger partial charge in [-0.3, -0.25) is 4.90 Å². The second-order valence-electron chi connectivity index (χ2n) is 4.23. The smallest absolute Gasteiger partial charge is 0.258 e. The maximum Gasteiger partial charge on any atom is 0.258 e. The van der Waals surface area contributed by atoms with Crippen molar-refractivity contribution in [2.45, 2.75) is 12.5 Å². The number of rotatable bonds is 3. The van der Waals surface area contributed by atoms with Crippen LogP contribution in [0.3, 0.4) is 0 Å². The summed E-state index contributed by atoms with van der Waals surface area (Å²) in [6.45, 7) is 1.93. The van der Waals surface area contributed by atoms with Gasteiger partial charge in [0.2, 0.25) is 0 Å². The van der Waals surface area contributed by atoms with Crippen molar-refractivity contribution < 1.29 is 17.6 Å². The normalized spacial score (nSPS) is 17.2. The van der Waals surface area contributed by atoms with E-state index in [1.807, 2.05) is 0 Å². The molecule has 0 amide bonds. The molecular weight excluding hydrogens is 319 g/mol. The minimum atomic E-state index is -2.75. The number of hydrogen-bond acceptors (Lipinski definition) is 2. The second-order valence-corrected chi connectivity index (χ2v) is 4.23. The average Bonchev–Trinajstić information content (AvgIpc) is 2.35. The molecule has 1 aliphatic rings. The molecule has 1 N–H and O–H groups in total. The summed E-state index contributed by atoms with van der Waals surface area (Å²) in [6, 6.07) is 1.29. The number of halogens is 6. The van der Waals surface area contributed by atoms with E-state index in [1.54, 1.807) is 0 Å². The Morgan fingerprint density at radius 1 is 1.05 bits per heavy atom. The van der Waals surface area contributed by atoms with Crippen molar-refractivity contribution in [3.63, 3.8) is 0 Å². The molecule has 0 saturated carbocycles. The van der Waals surface area contributed by atoms with Gasteiger partial charge in [0.05, 0.1) is 6.04 Å². The molecule has 2 rings (SSSR count). The highest BCUT2D eigenvalue weighted by Crippen LogP contribution is 2.30. The minimum Gasteiger partial charge on any atom is -0.314 e. The van der Waals surface area contributed by atoms with Crippen molar-refractivity contribution in [3.8, 4) is 0 Å². The van der Waals surface area contributed by atoms with E-state index in [4.69, 9.17) is 0 Å². The summed E-state index contributed by atoms with van der Waals surface area (Å²) in [5.74, 6) is -1.49. The lowest BCUT2D eigenvalue weighted by molar-refractivity contribution is 0.0162. The Bertz CT molecular complexity index is 414. The third-order valence-corrected chi connectivity index (χ3v) is 3.06. The molecule has 0 aromatic heterocycles. The highest BCUT2D eigenvalue weighted by Gasteiger charge is 2.32. The van der Waals surface area contributed by atoms with Crippen molar-refractivity contribution in [1.29, 1.82) is 0 Å². The van der Waals surface area contributed by atoms with Gasteiger partial charge >= 0.3 is 0 Å². The molecule has 20 heavy (non-hydrogen) atoms. The molecule has 1 atom stereocenters. The van der Waals surface area contributed by atoms with Gasteiger partial charge in [0.25, 0.3) is 6.43 Å². The maximum atomic E-state index is 13.6. The summed E-state index contributed by atoms with van der Waals surface area (Å²) >= 11 is 0. The molecule has 116 valence electrons. The summed E-state index contributed by atoms with van der Waals surface area (Å²) in [5, 5.41) is 3.03. The maximum absolute atomic E-state index is 13.6. The van der Waals surface area contributed by atoms with Crippen LogP contribution in [0, 0.1) is 11.6 Å². The van der Waals surface area contributed by atoms with Gasteiger partial charge in [-0.05, 0) is 18.2 Å². The summed E-state index contributed by atoms with van der Waals surface area (Å²) in [6.07, 6.45) is -2.75. The van der Waals surface area contributed by atoms with Gasteiger partial charge < -0.3 is 5.32 Å². The van der Waals surface area contributed by atoms with Crippen molar-refractivity contribution in [2.75, 3.05) is 26.2 Å². The van der Waals surface area contributed by atoms with Crippen LogP contribution < -0.4 is 5.32 Å². The first-order chi connectivity index (χ1) is 8.59. The number of piperazine rings is 1. The molecule has 1 aromatic rings. The van der Waals surface area contributed by atoms with Gasteiger partial charge in [-0.1, -0.05) is 0 Å². The van der Waals surface area contributed by atoms with Crippen LogP contribution in [0.15, 0.2) is 18.2 Å². The second kappa shape index (κ2) is 8.67. The SMILES string of the molecule is Cl.Cl.Fc1ccc(F)c([C@@H](C(F)F)N2CCNCC2)c1. The summed E-state index contributed by atoms with van der Waals surface area (Å²) in [7, 11) is 0. The molecular formula is C12H16Cl2F4N2. The summed E-state index contributed by atoms with van der Waals surface area (Å²) in [5.41, 5.74) is -0.271. The highest BCUT2D eigenvalue weighted by atomic mass is 35.5. The molecule has 1 saturated heterocycles. The third kappa shape index (κ3) is 4.48. The van der Waals surface area contributed by atoms with E-state index in [-0.39, 0.29) is 30.4 Å². The molecule has 0 unspecified atom stereocenters. The lowest BCUT2D eigenvalue weighted by Gasteiger charge is -2.34. The predicted molar refractivity (Wildman–Crippen MR) is 74.0 cm³/mol. The lowest BCUT2D eigenvalue weighted by Crippen LogP contribution is -2.47. The van der Waals surface area contributed by atoms with Crippen LogP contribution in [0.2, 0.25) is 0 Å². The van der Waals surface area contributed by atoms with Crippen LogP contribution in [-0.2, 0) is 0 Å². The zero-order valence-corrected chi connectivity index (χ0v) is 12.1. The predicted octanol–water partition coefficient (Wildman–Crippen LogP) is 3.02. The average molecular weight is 335 g/mol. The minimum absolute atomic E-state index is 0. The zero-order chi connectivity index (χ0) is 13.1. The monoisotopic (exact) mass is 334 g/mol. The summed E-state index contributed by atoms with van der Waals surface area (Å²) < 4.78 is 52.9. The van der Waals surface area contributed by atoms with Crippen LogP contribution in [0.1, 0.15) is 11.6 Å². The Morgan fingerprint density at radius 2 is 1.65 bits per heavy atom. The first-order valence-corrected chi connectivity index (χ1v) is 5.77. The van der Waals surface area contributed by atoms with Crippen molar-refractivity contribution in [1.82, 2.24) is 10.2 Å². The molecule has 0 spiro atoms. The Labute approximate surface area is 127 Å². The number of nitrogens with one attached hydrogen (secondary N) is 1. The molecule has 1 aliphatic heterocycles. The largest absolute Gasteiger partial charge is 0.314 e. The fourth-order valence-corrected chi connectivity index (χ4v) is 2.19. The Kier molecular flexibility index (Phi) is 8.42. The molecule has 8 heteroatoms. The van der Waals surface area contributed by atoms with Crippen molar-refractivity contribution >= 4 is 24.8 Å². The number of benzene rings is 1. The highest BCUT2D eigenvalue weighted by molar-refractivity contribution is 5.85. The summed E-state index contributed by atoms with van der Waals surface area (Å²) in [4.78, 5) is 1.49. The Balaban J connectivity index is 0.00000180. The molecule has 1 aromatic carbocycles. The standard InChI is InChI=1S/C12H14F4N2.2ClH/c13-8-1-2-10(14)9(7-8)11(12(15)16)18-5-3-17-4-6-18;;/h1-2,7,11-12,17H,3-6H2;2*1H/t11-;;/m0../s1. The van der Waals surface area contributed by atoms with Crippen molar-refractivity contribution in [3.05, 3.63) is 35.4 Å². The van der Waals surface area contributed by atoms with E-state index in [0.29, 0.717) is 26.2 Å². The molecule has 0 aliphatic carbocycles. The van der Waals surface area contributed by atoms with Gasteiger partial charge in [-0.2, -0.15) is 0 Å².